The Bertz CT molecular complexity index is 1060. The van der Waals surface area contributed by atoms with Crippen LogP contribution in [0.25, 0.3) is 16.6 Å². The average molecular weight is 369 g/mol. The molecule has 0 fully saturated rings. The van der Waals surface area contributed by atoms with Crippen LogP contribution in [0.5, 0.6) is 0 Å². The molecule has 0 aliphatic rings. The summed E-state index contributed by atoms with van der Waals surface area (Å²) in [7, 11) is 0. The van der Waals surface area contributed by atoms with Crippen LogP contribution in [0.2, 0.25) is 10.4 Å². The Morgan fingerprint density at radius 3 is 2.60 bits per heavy atom. The van der Waals surface area contributed by atoms with E-state index < -0.39 is 0 Å². The first kappa shape index (κ1) is 16.1. The molecule has 0 bridgehead atoms. The van der Waals surface area contributed by atoms with Gasteiger partial charge in [-0.2, -0.15) is 0 Å². The molecule has 0 spiro atoms. The quantitative estimate of drug-likeness (QED) is 0.376. The summed E-state index contributed by atoms with van der Waals surface area (Å²) in [5, 5.41) is 1.62. The van der Waals surface area contributed by atoms with Gasteiger partial charge in [0.2, 0.25) is 5.28 Å². The second-order valence-electron chi connectivity index (χ2n) is 5.82. The van der Waals surface area contributed by atoms with Crippen molar-refractivity contribution < 1.29 is 0 Å². The molecule has 3 aromatic heterocycles. The summed E-state index contributed by atoms with van der Waals surface area (Å²) in [4.78, 5) is 12.7. The molecular weight excluding hydrogens is 355 g/mol. The van der Waals surface area contributed by atoms with Gasteiger partial charge in [-0.15, -0.1) is 0 Å². The minimum absolute atomic E-state index is 0.152. The third-order valence-electron chi connectivity index (χ3n) is 4.17. The van der Waals surface area contributed by atoms with E-state index >= 15 is 0 Å². The molecule has 0 radical (unpaired) electrons. The van der Waals surface area contributed by atoms with Crippen LogP contribution >= 0.6 is 23.2 Å². The molecule has 124 valence electrons. The fourth-order valence-corrected chi connectivity index (χ4v) is 3.47. The Morgan fingerprint density at radius 1 is 1.04 bits per heavy atom. The molecule has 6 heteroatoms. The van der Waals surface area contributed by atoms with E-state index in [1.165, 1.54) is 0 Å². The molecule has 0 aliphatic heterocycles. The Morgan fingerprint density at radius 2 is 1.84 bits per heavy atom. The van der Waals surface area contributed by atoms with Crippen molar-refractivity contribution in [2.24, 2.45) is 0 Å². The van der Waals surface area contributed by atoms with Crippen molar-refractivity contribution in [3.05, 3.63) is 82.2 Å². The molecular formula is C19H14Cl2N4. The number of halogens is 2. The number of pyridine rings is 1. The minimum Gasteiger partial charge on any atom is -0.322 e. The summed E-state index contributed by atoms with van der Waals surface area (Å²) < 4.78 is 2.09. The number of hydrogen-bond donors (Lipinski definition) is 0. The van der Waals surface area contributed by atoms with Gasteiger partial charge >= 0.3 is 0 Å². The van der Waals surface area contributed by atoms with Crippen LogP contribution in [0.1, 0.15) is 16.7 Å². The third kappa shape index (κ3) is 2.99. The van der Waals surface area contributed by atoms with E-state index in [-0.39, 0.29) is 5.28 Å². The van der Waals surface area contributed by atoms with Crippen LogP contribution in [0.15, 0.2) is 55.1 Å². The second kappa shape index (κ2) is 6.47. The molecule has 1 aromatic carbocycles. The van der Waals surface area contributed by atoms with E-state index in [9.17, 15) is 0 Å². The van der Waals surface area contributed by atoms with Gasteiger partial charge in [-0.05, 0) is 47.9 Å². The lowest BCUT2D eigenvalue weighted by atomic mass is 9.98. The smallest absolute Gasteiger partial charge is 0.223 e. The van der Waals surface area contributed by atoms with Crippen LogP contribution in [-0.2, 0) is 6.42 Å². The standard InChI is InChI=1S/C19H14Cl2N4/c1-12-9-13(10-14-11-23-19(21)24-18(14)20)15-5-4-6-22-16(15)17(12)25-7-2-3-8-25/h2-9,11H,10H2,1H3. The van der Waals surface area contributed by atoms with Crippen molar-refractivity contribution in [1.29, 1.82) is 0 Å². The SMILES string of the molecule is Cc1cc(Cc2cnc(Cl)nc2Cl)c2cccnc2c1-n1cccc1. The second-order valence-corrected chi connectivity index (χ2v) is 6.52. The van der Waals surface area contributed by atoms with Gasteiger partial charge in [0.05, 0.1) is 11.2 Å². The fraction of sp³-hybridized carbons (Fsp3) is 0.105. The van der Waals surface area contributed by atoms with Gasteiger partial charge in [0, 0.05) is 42.2 Å². The summed E-state index contributed by atoms with van der Waals surface area (Å²) >= 11 is 12.0. The molecule has 25 heavy (non-hydrogen) atoms. The van der Waals surface area contributed by atoms with Crippen molar-refractivity contribution in [1.82, 2.24) is 19.5 Å². The maximum atomic E-state index is 6.23. The third-order valence-corrected chi connectivity index (χ3v) is 4.68. The van der Waals surface area contributed by atoms with Gasteiger partial charge in [-0.25, -0.2) is 9.97 Å². The van der Waals surface area contributed by atoms with Crippen LogP contribution in [-0.4, -0.2) is 19.5 Å². The largest absolute Gasteiger partial charge is 0.322 e. The molecule has 4 nitrogen and oxygen atoms in total. The van der Waals surface area contributed by atoms with Crippen molar-refractivity contribution in [2.75, 3.05) is 0 Å². The summed E-state index contributed by atoms with van der Waals surface area (Å²) in [5.41, 5.74) is 5.15. The molecule has 4 aromatic rings. The van der Waals surface area contributed by atoms with Crippen LogP contribution in [0, 0.1) is 6.92 Å². The highest BCUT2D eigenvalue weighted by Crippen LogP contribution is 2.30. The minimum atomic E-state index is 0.152. The summed E-state index contributed by atoms with van der Waals surface area (Å²) in [5.74, 6) is 0. The molecule has 0 N–H and O–H groups in total. The molecule has 0 saturated carbocycles. The lowest BCUT2D eigenvalue weighted by molar-refractivity contribution is 1.05. The van der Waals surface area contributed by atoms with Gasteiger partial charge in [0.1, 0.15) is 5.15 Å². The van der Waals surface area contributed by atoms with E-state index in [0.29, 0.717) is 11.6 Å². The highest BCUT2D eigenvalue weighted by atomic mass is 35.5. The van der Waals surface area contributed by atoms with E-state index in [1.807, 2.05) is 36.8 Å². The number of hydrogen-bond acceptors (Lipinski definition) is 3. The Balaban J connectivity index is 1.90. The van der Waals surface area contributed by atoms with Crippen molar-refractivity contribution in [3.8, 4) is 5.69 Å². The number of rotatable bonds is 3. The Kier molecular flexibility index (Phi) is 4.15. The summed E-state index contributed by atoms with van der Waals surface area (Å²) in [6, 6.07) is 10.2. The van der Waals surface area contributed by atoms with E-state index in [2.05, 4.69) is 38.6 Å². The lowest BCUT2D eigenvalue weighted by Crippen LogP contribution is -2.01. The zero-order valence-electron chi connectivity index (χ0n) is 13.4. The fourth-order valence-electron chi connectivity index (χ4n) is 3.09. The number of aromatic nitrogens is 4. The lowest BCUT2D eigenvalue weighted by Gasteiger charge is -2.15. The van der Waals surface area contributed by atoms with Crippen LogP contribution < -0.4 is 0 Å². The first-order valence-electron chi connectivity index (χ1n) is 7.81. The predicted octanol–water partition coefficient (Wildman–Crippen LogP) is 5.02. The zero-order chi connectivity index (χ0) is 17.4. The molecule has 0 aliphatic carbocycles. The van der Waals surface area contributed by atoms with Crippen LogP contribution in [0.3, 0.4) is 0 Å². The molecule has 3 heterocycles. The van der Waals surface area contributed by atoms with Gasteiger partial charge in [-0.3, -0.25) is 4.98 Å². The van der Waals surface area contributed by atoms with Gasteiger partial charge in [-0.1, -0.05) is 23.7 Å². The number of aryl methyl sites for hydroxylation is 1. The Hall–Kier alpha value is -2.43. The molecule has 0 saturated heterocycles. The highest BCUT2D eigenvalue weighted by molar-refractivity contribution is 6.32. The van der Waals surface area contributed by atoms with E-state index in [4.69, 9.17) is 23.2 Å². The first-order valence-corrected chi connectivity index (χ1v) is 8.56. The van der Waals surface area contributed by atoms with Gasteiger partial charge in [0.15, 0.2) is 0 Å². The topological polar surface area (TPSA) is 43.6 Å². The monoisotopic (exact) mass is 368 g/mol. The molecule has 4 rings (SSSR count). The maximum absolute atomic E-state index is 6.23. The summed E-state index contributed by atoms with van der Waals surface area (Å²) in [6.07, 6.45) is 8.16. The molecule has 0 amide bonds. The number of nitrogens with zero attached hydrogens (tertiary/aromatic N) is 4. The normalized spacial score (nSPS) is 11.2. The maximum Gasteiger partial charge on any atom is 0.223 e. The average Bonchev–Trinajstić information content (AvgIpc) is 3.11. The van der Waals surface area contributed by atoms with Crippen molar-refractivity contribution in [2.45, 2.75) is 13.3 Å². The number of benzene rings is 1. The van der Waals surface area contributed by atoms with Crippen molar-refractivity contribution >= 4 is 34.1 Å². The number of fused-ring (bicyclic) bond motifs is 1. The van der Waals surface area contributed by atoms with Crippen LogP contribution in [0.4, 0.5) is 0 Å². The summed E-state index contributed by atoms with van der Waals surface area (Å²) in [6.45, 7) is 2.09. The van der Waals surface area contributed by atoms with Crippen molar-refractivity contribution in [3.63, 3.8) is 0 Å². The molecule has 0 atom stereocenters. The predicted molar refractivity (Wildman–Crippen MR) is 101 cm³/mol. The Labute approximate surface area is 155 Å². The molecule has 0 unspecified atom stereocenters. The van der Waals surface area contributed by atoms with Gasteiger partial charge < -0.3 is 4.57 Å². The van der Waals surface area contributed by atoms with Gasteiger partial charge in [0.25, 0.3) is 0 Å². The zero-order valence-corrected chi connectivity index (χ0v) is 15.0. The first-order chi connectivity index (χ1) is 12.1. The van der Waals surface area contributed by atoms with E-state index in [1.54, 1.807) is 6.20 Å². The highest BCUT2D eigenvalue weighted by Gasteiger charge is 2.14. The van der Waals surface area contributed by atoms with E-state index in [0.717, 1.165) is 33.3 Å².